The zero-order valence-corrected chi connectivity index (χ0v) is 15.3. The molecule has 21 heavy (non-hydrogen) atoms. The third kappa shape index (κ3) is 14.4. The first-order valence-electron chi connectivity index (χ1n) is 9.22. The van der Waals surface area contributed by atoms with Gasteiger partial charge >= 0.3 is 0 Å². The van der Waals surface area contributed by atoms with Gasteiger partial charge in [0.2, 0.25) is 0 Å². The van der Waals surface area contributed by atoms with E-state index in [0.717, 1.165) is 24.2 Å². The second-order valence-electron chi connectivity index (χ2n) is 7.59. The quantitative estimate of drug-likeness (QED) is 0.392. The van der Waals surface area contributed by atoms with Gasteiger partial charge in [0, 0.05) is 0 Å². The van der Waals surface area contributed by atoms with Crippen molar-refractivity contribution in [2.45, 2.75) is 92.4 Å². The molecular formula is C20H40O. The second kappa shape index (κ2) is 13.4. The van der Waals surface area contributed by atoms with Gasteiger partial charge in [-0.15, -0.1) is 0 Å². The number of aliphatic hydroxyl groups excluding tert-OH is 1. The van der Waals surface area contributed by atoms with E-state index in [0.29, 0.717) is 0 Å². The fourth-order valence-electron chi connectivity index (χ4n) is 2.97. The van der Waals surface area contributed by atoms with Crippen LogP contribution in [0.1, 0.15) is 92.4 Å². The molecule has 0 aromatic rings. The van der Waals surface area contributed by atoms with Crippen LogP contribution in [-0.2, 0) is 0 Å². The van der Waals surface area contributed by atoms with Crippen LogP contribution in [0.25, 0.3) is 0 Å². The van der Waals surface area contributed by atoms with Crippen molar-refractivity contribution < 1.29 is 5.11 Å². The number of allylic oxidation sites excluding steroid dienone is 1. The van der Waals surface area contributed by atoms with E-state index < -0.39 is 0 Å². The molecule has 0 aliphatic carbocycles. The van der Waals surface area contributed by atoms with E-state index in [2.05, 4.69) is 34.6 Å². The van der Waals surface area contributed by atoms with Crippen LogP contribution in [0, 0.1) is 17.8 Å². The number of hydrogen-bond acceptors (Lipinski definition) is 1. The molecule has 0 aromatic heterocycles. The minimum Gasteiger partial charge on any atom is -0.392 e. The maximum absolute atomic E-state index is 8.83. The third-order valence-corrected chi connectivity index (χ3v) is 4.58. The Bertz CT molecular complexity index is 255. The highest BCUT2D eigenvalue weighted by atomic mass is 16.2. The van der Waals surface area contributed by atoms with Crippen LogP contribution < -0.4 is 0 Å². The average molecular weight is 297 g/mol. The molecule has 0 radical (unpaired) electrons. The van der Waals surface area contributed by atoms with E-state index in [1.54, 1.807) is 0 Å². The fourth-order valence-corrected chi connectivity index (χ4v) is 2.97. The Balaban J connectivity index is 3.52. The van der Waals surface area contributed by atoms with E-state index in [4.69, 9.17) is 5.11 Å². The van der Waals surface area contributed by atoms with Gasteiger partial charge in [0.1, 0.15) is 0 Å². The molecule has 1 heteroatoms. The molecule has 0 heterocycles. The highest BCUT2D eigenvalue weighted by molar-refractivity contribution is 4.97. The molecule has 1 nitrogen and oxygen atoms in total. The van der Waals surface area contributed by atoms with Crippen LogP contribution in [0.4, 0.5) is 0 Å². The standard InChI is InChI=1S/C20H40O/c1-17(2)9-6-10-18(3)11-7-12-19(4)13-8-14-20(5)15-16-21/h15,17-19,21H,6-14,16H2,1-5H3/t18-,19+/m1/s1. The lowest BCUT2D eigenvalue weighted by molar-refractivity contribution is 0.341. The highest BCUT2D eigenvalue weighted by Gasteiger charge is 2.06. The molecule has 0 fully saturated rings. The van der Waals surface area contributed by atoms with Crippen molar-refractivity contribution in [3.8, 4) is 0 Å². The van der Waals surface area contributed by atoms with Crippen molar-refractivity contribution in [3.63, 3.8) is 0 Å². The van der Waals surface area contributed by atoms with Crippen molar-refractivity contribution in [1.82, 2.24) is 0 Å². The monoisotopic (exact) mass is 296 g/mol. The van der Waals surface area contributed by atoms with Gasteiger partial charge in [0.05, 0.1) is 6.61 Å². The van der Waals surface area contributed by atoms with Crippen LogP contribution in [0.2, 0.25) is 0 Å². The van der Waals surface area contributed by atoms with E-state index in [1.807, 2.05) is 6.08 Å². The third-order valence-electron chi connectivity index (χ3n) is 4.58. The summed E-state index contributed by atoms with van der Waals surface area (Å²) in [6, 6.07) is 0. The molecule has 1 N–H and O–H groups in total. The maximum atomic E-state index is 8.83. The molecule has 0 saturated heterocycles. The predicted octanol–water partition coefficient (Wildman–Crippen LogP) is 6.36. The summed E-state index contributed by atoms with van der Waals surface area (Å²) in [5.41, 5.74) is 1.34. The first-order chi connectivity index (χ1) is 9.95. The molecule has 0 spiro atoms. The van der Waals surface area contributed by atoms with Crippen LogP contribution in [0.5, 0.6) is 0 Å². The number of rotatable bonds is 13. The zero-order valence-electron chi connectivity index (χ0n) is 15.3. The van der Waals surface area contributed by atoms with Gasteiger partial charge in [-0.3, -0.25) is 0 Å². The zero-order chi connectivity index (χ0) is 16.1. The lowest BCUT2D eigenvalue weighted by Crippen LogP contribution is -2.00. The number of hydrogen-bond donors (Lipinski definition) is 1. The minimum atomic E-state index is 0.191. The van der Waals surface area contributed by atoms with Crippen molar-refractivity contribution in [1.29, 1.82) is 0 Å². The molecule has 0 rings (SSSR count). The van der Waals surface area contributed by atoms with Crippen LogP contribution in [0.15, 0.2) is 11.6 Å². The van der Waals surface area contributed by atoms with Crippen molar-refractivity contribution in [2.24, 2.45) is 17.8 Å². The minimum absolute atomic E-state index is 0.191. The first-order valence-corrected chi connectivity index (χ1v) is 9.22. The highest BCUT2D eigenvalue weighted by Crippen LogP contribution is 2.21. The van der Waals surface area contributed by atoms with Crippen molar-refractivity contribution >= 4 is 0 Å². The SMILES string of the molecule is CC(=CCO)CCC[C@@H](C)CCC[C@H](C)CCCC(C)C. The van der Waals surface area contributed by atoms with Crippen LogP contribution >= 0.6 is 0 Å². The van der Waals surface area contributed by atoms with E-state index >= 15 is 0 Å². The fraction of sp³-hybridized carbons (Fsp3) is 0.900. The van der Waals surface area contributed by atoms with Crippen molar-refractivity contribution in [3.05, 3.63) is 11.6 Å². The Labute approximate surface area is 134 Å². The number of aliphatic hydroxyl groups is 1. The van der Waals surface area contributed by atoms with Gasteiger partial charge < -0.3 is 5.11 Å². The van der Waals surface area contributed by atoms with Gasteiger partial charge in [-0.25, -0.2) is 0 Å². The first kappa shape index (κ1) is 20.7. The molecule has 0 aliphatic heterocycles. The Hall–Kier alpha value is -0.300. The summed E-state index contributed by atoms with van der Waals surface area (Å²) in [5.74, 6) is 2.63. The van der Waals surface area contributed by atoms with Crippen LogP contribution in [0.3, 0.4) is 0 Å². The summed E-state index contributed by atoms with van der Waals surface area (Å²) in [7, 11) is 0. The molecule has 0 amide bonds. The van der Waals surface area contributed by atoms with Gasteiger partial charge in [-0.05, 0) is 37.5 Å². The Morgan fingerprint density at radius 2 is 1.29 bits per heavy atom. The topological polar surface area (TPSA) is 20.2 Å². The molecule has 126 valence electrons. The molecule has 0 saturated carbocycles. The Kier molecular flexibility index (Phi) is 13.2. The lowest BCUT2D eigenvalue weighted by Gasteiger charge is -2.15. The van der Waals surface area contributed by atoms with Gasteiger partial charge in [0.25, 0.3) is 0 Å². The second-order valence-corrected chi connectivity index (χ2v) is 7.59. The van der Waals surface area contributed by atoms with Gasteiger partial charge in [-0.1, -0.05) is 84.3 Å². The molecular weight excluding hydrogens is 256 g/mol. The Morgan fingerprint density at radius 3 is 1.76 bits per heavy atom. The van der Waals surface area contributed by atoms with E-state index in [9.17, 15) is 0 Å². The molecule has 0 aromatic carbocycles. The van der Waals surface area contributed by atoms with Crippen molar-refractivity contribution in [2.75, 3.05) is 6.61 Å². The normalized spacial score (nSPS) is 15.5. The summed E-state index contributed by atoms with van der Waals surface area (Å²) < 4.78 is 0. The van der Waals surface area contributed by atoms with E-state index in [1.165, 1.54) is 56.9 Å². The van der Waals surface area contributed by atoms with Gasteiger partial charge in [0.15, 0.2) is 0 Å². The van der Waals surface area contributed by atoms with Gasteiger partial charge in [-0.2, -0.15) is 0 Å². The smallest absolute Gasteiger partial charge is 0.0614 e. The average Bonchev–Trinajstić information content (AvgIpc) is 2.38. The summed E-state index contributed by atoms with van der Waals surface area (Å²) in [4.78, 5) is 0. The summed E-state index contributed by atoms with van der Waals surface area (Å²) in [6.07, 6.45) is 14.1. The molecule has 0 bridgehead atoms. The predicted molar refractivity (Wildman–Crippen MR) is 95.6 cm³/mol. The Morgan fingerprint density at radius 1 is 0.810 bits per heavy atom. The maximum Gasteiger partial charge on any atom is 0.0614 e. The summed E-state index contributed by atoms with van der Waals surface area (Å²) >= 11 is 0. The summed E-state index contributed by atoms with van der Waals surface area (Å²) in [5, 5.41) is 8.83. The van der Waals surface area contributed by atoms with E-state index in [-0.39, 0.29) is 6.61 Å². The lowest BCUT2D eigenvalue weighted by atomic mass is 9.91. The molecule has 0 unspecified atom stereocenters. The summed E-state index contributed by atoms with van der Waals surface area (Å²) in [6.45, 7) is 11.8. The molecule has 2 atom stereocenters. The van der Waals surface area contributed by atoms with Crippen LogP contribution in [-0.4, -0.2) is 11.7 Å². The largest absolute Gasteiger partial charge is 0.392 e. The molecule has 0 aliphatic rings.